The van der Waals surface area contributed by atoms with Crippen LogP contribution in [0.5, 0.6) is 11.5 Å². The van der Waals surface area contributed by atoms with E-state index in [1.165, 1.54) is 6.20 Å². The standard InChI is InChI=1S/C27H33N9O5/c1-2-40-15-8-9-17(30-11-15)24(39)31-12-18-21-27(35-25(28)34-21)22(37)19(13-36(27)26(29)33-18)32-23(38)16-7-3-5-14-6-4-10-41-20(14)16/h3,5,7-9,11,18-19,21-22,37H,2,4,6,10,12-13H2,1H3,(H2,29,33)(H,31,39)(H,32,38)(H3,28,34,35)/t18-,19?,21-,22+,27-/m0/s1. The predicted octanol–water partition coefficient (Wildman–Crippen LogP) is -1.31. The van der Waals surface area contributed by atoms with Gasteiger partial charge < -0.3 is 46.9 Å². The van der Waals surface area contributed by atoms with Gasteiger partial charge in [0, 0.05) is 13.1 Å². The zero-order valence-corrected chi connectivity index (χ0v) is 22.5. The zero-order valence-electron chi connectivity index (χ0n) is 22.5. The van der Waals surface area contributed by atoms with Crippen LogP contribution in [0.1, 0.15) is 39.8 Å². The van der Waals surface area contributed by atoms with Crippen LogP contribution in [-0.2, 0) is 6.42 Å². The predicted molar refractivity (Wildman–Crippen MR) is 149 cm³/mol. The number of aromatic nitrogens is 1. The van der Waals surface area contributed by atoms with Crippen LogP contribution >= 0.6 is 0 Å². The number of nitrogens with two attached hydrogens (primary N) is 2. The number of nitrogens with zero attached hydrogens (tertiary/aromatic N) is 4. The molecule has 5 heterocycles. The van der Waals surface area contributed by atoms with Crippen molar-refractivity contribution in [2.75, 3.05) is 26.3 Å². The van der Waals surface area contributed by atoms with Crippen molar-refractivity contribution in [1.82, 2.24) is 25.8 Å². The van der Waals surface area contributed by atoms with E-state index in [0.717, 1.165) is 18.4 Å². The van der Waals surface area contributed by atoms with Crippen LogP contribution in [0.4, 0.5) is 0 Å². The zero-order chi connectivity index (χ0) is 28.7. The molecular weight excluding hydrogens is 530 g/mol. The maximum Gasteiger partial charge on any atom is 0.269 e. The molecule has 1 fully saturated rings. The van der Waals surface area contributed by atoms with Crippen molar-refractivity contribution < 1.29 is 24.2 Å². The van der Waals surface area contributed by atoms with Gasteiger partial charge in [-0.25, -0.2) is 15.0 Å². The molecule has 1 aromatic heterocycles. The lowest BCUT2D eigenvalue weighted by atomic mass is 9.87. The molecule has 6 rings (SSSR count). The first kappa shape index (κ1) is 26.6. The molecule has 14 heteroatoms. The third kappa shape index (κ3) is 4.53. The Morgan fingerprint density at radius 1 is 1.24 bits per heavy atom. The molecule has 4 aliphatic heterocycles. The number of carbonyl (C=O) groups is 2. The molecule has 5 atom stereocenters. The molecule has 1 aromatic carbocycles. The van der Waals surface area contributed by atoms with Crippen LogP contribution in [0.15, 0.2) is 46.5 Å². The Morgan fingerprint density at radius 2 is 2.10 bits per heavy atom. The minimum Gasteiger partial charge on any atom is -0.492 e. The van der Waals surface area contributed by atoms with Gasteiger partial charge in [-0.2, -0.15) is 0 Å². The number of hydrogen-bond donors (Lipinski definition) is 6. The van der Waals surface area contributed by atoms with E-state index in [0.29, 0.717) is 30.3 Å². The van der Waals surface area contributed by atoms with Crippen molar-refractivity contribution in [3.8, 4) is 11.5 Å². The number of fused-ring (bicyclic) bond motifs is 1. The monoisotopic (exact) mass is 563 g/mol. The van der Waals surface area contributed by atoms with Crippen LogP contribution in [0.3, 0.4) is 0 Å². The molecule has 8 N–H and O–H groups in total. The van der Waals surface area contributed by atoms with Gasteiger partial charge in [0.2, 0.25) is 0 Å². The summed E-state index contributed by atoms with van der Waals surface area (Å²) in [5.74, 6) is 0.595. The van der Waals surface area contributed by atoms with Gasteiger partial charge in [0.05, 0.1) is 37.1 Å². The summed E-state index contributed by atoms with van der Waals surface area (Å²) < 4.78 is 11.2. The van der Waals surface area contributed by atoms with E-state index in [1.54, 1.807) is 23.1 Å². The molecule has 2 aromatic rings. The first-order chi connectivity index (χ1) is 19.8. The Hall–Kier alpha value is -4.59. The highest BCUT2D eigenvalue weighted by atomic mass is 16.5. The van der Waals surface area contributed by atoms with E-state index >= 15 is 0 Å². The Bertz CT molecular complexity index is 1410. The Morgan fingerprint density at radius 3 is 2.88 bits per heavy atom. The van der Waals surface area contributed by atoms with Gasteiger partial charge in [0.1, 0.15) is 29.3 Å². The smallest absolute Gasteiger partial charge is 0.269 e. The minimum atomic E-state index is -1.26. The quantitative estimate of drug-likeness (QED) is 0.235. The number of nitrogens with one attached hydrogen (secondary N) is 3. The molecule has 0 bridgehead atoms. The van der Waals surface area contributed by atoms with E-state index < -0.39 is 35.8 Å². The van der Waals surface area contributed by atoms with Crippen molar-refractivity contribution in [1.29, 1.82) is 0 Å². The van der Waals surface area contributed by atoms with Crippen molar-refractivity contribution in [3.05, 3.63) is 53.3 Å². The van der Waals surface area contributed by atoms with Crippen molar-refractivity contribution in [2.45, 2.75) is 49.7 Å². The van der Waals surface area contributed by atoms with Gasteiger partial charge in [-0.3, -0.25) is 9.59 Å². The Kier molecular flexibility index (Phi) is 6.77. The van der Waals surface area contributed by atoms with Gasteiger partial charge in [0.25, 0.3) is 11.8 Å². The molecule has 4 aliphatic rings. The van der Waals surface area contributed by atoms with Crippen LogP contribution < -0.4 is 36.9 Å². The summed E-state index contributed by atoms with van der Waals surface area (Å²) in [7, 11) is 0. The van der Waals surface area contributed by atoms with E-state index in [1.807, 2.05) is 19.1 Å². The van der Waals surface area contributed by atoms with Crippen LogP contribution in [0.2, 0.25) is 0 Å². The topological polar surface area (TPSA) is 202 Å². The fourth-order valence-corrected chi connectivity index (χ4v) is 6.07. The third-order valence-corrected chi connectivity index (χ3v) is 7.90. The lowest BCUT2D eigenvalue weighted by Gasteiger charge is -2.46. The Labute approximate surface area is 236 Å². The van der Waals surface area contributed by atoms with E-state index in [-0.39, 0.29) is 36.6 Å². The summed E-state index contributed by atoms with van der Waals surface area (Å²) in [5, 5.41) is 20.5. The summed E-state index contributed by atoms with van der Waals surface area (Å²) >= 11 is 0. The molecule has 0 radical (unpaired) electrons. The third-order valence-electron chi connectivity index (χ3n) is 7.90. The summed E-state index contributed by atoms with van der Waals surface area (Å²) in [6.45, 7) is 3.12. The van der Waals surface area contributed by atoms with Gasteiger partial charge in [0.15, 0.2) is 17.6 Å². The number of amides is 2. The lowest BCUT2D eigenvalue weighted by molar-refractivity contribution is 0.0143. The van der Waals surface area contributed by atoms with Crippen molar-refractivity contribution in [3.63, 3.8) is 0 Å². The van der Waals surface area contributed by atoms with Gasteiger partial charge >= 0.3 is 0 Å². The van der Waals surface area contributed by atoms with E-state index in [4.69, 9.17) is 20.9 Å². The fraction of sp³-hybridized carbons (Fsp3) is 0.444. The molecule has 1 spiro atoms. The fourth-order valence-electron chi connectivity index (χ4n) is 6.07. The second-order valence-electron chi connectivity index (χ2n) is 10.4. The maximum atomic E-state index is 13.4. The molecule has 14 nitrogen and oxygen atoms in total. The summed E-state index contributed by atoms with van der Waals surface area (Å²) in [6.07, 6.45) is 2.04. The average Bonchev–Trinajstić information content (AvgIpc) is 3.47. The first-order valence-electron chi connectivity index (χ1n) is 13.6. The van der Waals surface area contributed by atoms with Crippen LogP contribution in [0.25, 0.3) is 0 Å². The molecule has 41 heavy (non-hydrogen) atoms. The number of ether oxygens (including phenoxy) is 2. The molecule has 1 saturated heterocycles. The molecule has 1 unspecified atom stereocenters. The average molecular weight is 564 g/mol. The normalized spacial score (nSPS) is 27.7. The number of aryl methyl sites for hydroxylation is 1. The number of para-hydroxylation sites is 1. The minimum absolute atomic E-state index is 0.0599. The molecule has 216 valence electrons. The van der Waals surface area contributed by atoms with Crippen LogP contribution in [-0.4, -0.2) is 94.9 Å². The maximum absolute atomic E-state index is 13.4. The van der Waals surface area contributed by atoms with Crippen molar-refractivity contribution >= 4 is 23.7 Å². The Balaban J connectivity index is 1.19. The summed E-state index contributed by atoms with van der Waals surface area (Å²) in [4.78, 5) is 41.1. The van der Waals surface area contributed by atoms with E-state index in [2.05, 4.69) is 30.9 Å². The first-order valence-corrected chi connectivity index (χ1v) is 13.6. The highest BCUT2D eigenvalue weighted by molar-refractivity contribution is 5.98. The SMILES string of the molecule is CCOc1ccc(C(=O)NC[C@@H]2N=C(N)N3CC(NC(=O)c4cccc5c4OCCC5)[C@@H](O)[C@@]34NC(N)=N[C@@H]24)nc1. The lowest BCUT2D eigenvalue weighted by Crippen LogP contribution is -2.73. The number of aliphatic imine (C=N–C) groups is 2. The van der Waals surface area contributed by atoms with E-state index in [9.17, 15) is 14.7 Å². The molecule has 0 saturated carbocycles. The highest BCUT2D eigenvalue weighted by Crippen LogP contribution is 2.40. The van der Waals surface area contributed by atoms with Crippen molar-refractivity contribution in [2.24, 2.45) is 21.5 Å². The number of guanidine groups is 2. The summed E-state index contributed by atoms with van der Waals surface area (Å²) in [5.41, 5.74) is 12.8. The summed E-state index contributed by atoms with van der Waals surface area (Å²) in [6, 6.07) is 6.64. The van der Waals surface area contributed by atoms with Crippen LogP contribution in [0, 0.1) is 0 Å². The highest BCUT2D eigenvalue weighted by Gasteiger charge is 2.65. The largest absolute Gasteiger partial charge is 0.492 e. The number of hydrogen-bond acceptors (Lipinski definition) is 12. The molecule has 0 aliphatic carbocycles. The van der Waals surface area contributed by atoms with Gasteiger partial charge in [-0.1, -0.05) is 12.1 Å². The number of rotatable bonds is 7. The number of carbonyl (C=O) groups excluding carboxylic acids is 2. The number of aliphatic hydroxyl groups excluding tert-OH is 1. The molecular formula is C27H33N9O5. The second kappa shape index (κ2) is 10.4. The number of benzene rings is 1. The number of aliphatic hydroxyl groups is 1. The van der Waals surface area contributed by atoms with Gasteiger partial charge in [-0.05, 0) is 43.5 Å². The second-order valence-corrected chi connectivity index (χ2v) is 10.4. The number of pyridine rings is 1. The molecule has 2 amide bonds. The van der Waals surface area contributed by atoms with Gasteiger partial charge in [-0.15, -0.1) is 0 Å².